The third-order valence-corrected chi connectivity index (χ3v) is 3.72. The highest BCUT2D eigenvalue weighted by molar-refractivity contribution is 6.30. The topological polar surface area (TPSA) is 21.3 Å². The molecule has 0 bridgehead atoms. The summed E-state index contributed by atoms with van der Waals surface area (Å²) in [7, 11) is 3.63. The van der Waals surface area contributed by atoms with Gasteiger partial charge in [-0.1, -0.05) is 42.8 Å². The number of aryl methyl sites for hydroxylation is 1. The van der Waals surface area contributed by atoms with Crippen LogP contribution in [0.4, 0.5) is 0 Å². The molecular formula is C17H20ClNO. The Hall–Kier alpha value is -1.51. The van der Waals surface area contributed by atoms with Gasteiger partial charge in [0.15, 0.2) is 0 Å². The van der Waals surface area contributed by atoms with Crippen LogP contribution >= 0.6 is 11.6 Å². The van der Waals surface area contributed by atoms with Crippen LogP contribution in [0.15, 0.2) is 42.5 Å². The maximum absolute atomic E-state index is 6.14. The predicted molar refractivity (Wildman–Crippen MR) is 84.7 cm³/mol. The molecule has 0 radical (unpaired) electrons. The molecule has 106 valence electrons. The van der Waals surface area contributed by atoms with Gasteiger partial charge >= 0.3 is 0 Å². The van der Waals surface area contributed by atoms with Gasteiger partial charge in [0.2, 0.25) is 0 Å². The van der Waals surface area contributed by atoms with E-state index in [1.165, 1.54) is 11.1 Å². The minimum absolute atomic E-state index is 0.0650. The number of methoxy groups -OCH3 is 1. The van der Waals surface area contributed by atoms with Gasteiger partial charge in [0.05, 0.1) is 13.2 Å². The second-order valence-corrected chi connectivity index (χ2v) is 5.14. The van der Waals surface area contributed by atoms with E-state index in [0.717, 1.165) is 17.7 Å². The molecule has 0 aliphatic heterocycles. The first-order chi connectivity index (χ1) is 9.69. The molecule has 0 amide bonds. The average molecular weight is 290 g/mol. The summed E-state index contributed by atoms with van der Waals surface area (Å²) in [5.41, 5.74) is 3.59. The zero-order valence-corrected chi connectivity index (χ0v) is 12.9. The van der Waals surface area contributed by atoms with Crippen molar-refractivity contribution in [2.45, 2.75) is 19.4 Å². The number of benzene rings is 2. The lowest BCUT2D eigenvalue weighted by Crippen LogP contribution is -2.18. The molecule has 0 saturated heterocycles. The quantitative estimate of drug-likeness (QED) is 0.890. The Kier molecular flexibility index (Phi) is 5.05. The molecule has 0 aliphatic rings. The number of rotatable bonds is 5. The van der Waals surface area contributed by atoms with E-state index in [1.54, 1.807) is 7.11 Å². The van der Waals surface area contributed by atoms with Gasteiger partial charge in [-0.3, -0.25) is 0 Å². The summed E-state index contributed by atoms with van der Waals surface area (Å²) >= 11 is 6.14. The Bertz CT molecular complexity index is 583. The Morgan fingerprint density at radius 2 is 2.00 bits per heavy atom. The lowest BCUT2D eigenvalue weighted by molar-refractivity contribution is 0.405. The van der Waals surface area contributed by atoms with Crippen molar-refractivity contribution in [3.63, 3.8) is 0 Å². The molecule has 2 aromatic rings. The molecule has 0 saturated carbocycles. The Balaban J connectivity index is 2.48. The van der Waals surface area contributed by atoms with Crippen LogP contribution in [0.3, 0.4) is 0 Å². The number of halogens is 1. The van der Waals surface area contributed by atoms with Crippen LogP contribution in [-0.2, 0) is 6.42 Å². The molecule has 2 aromatic carbocycles. The third-order valence-electron chi connectivity index (χ3n) is 3.48. The van der Waals surface area contributed by atoms with E-state index in [0.29, 0.717) is 5.02 Å². The van der Waals surface area contributed by atoms with Gasteiger partial charge < -0.3 is 10.1 Å². The van der Waals surface area contributed by atoms with Crippen molar-refractivity contribution in [2.24, 2.45) is 0 Å². The van der Waals surface area contributed by atoms with E-state index in [-0.39, 0.29) is 6.04 Å². The summed E-state index contributed by atoms with van der Waals surface area (Å²) in [4.78, 5) is 0. The lowest BCUT2D eigenvalue weighted by Gasteiger charge is -2.20. The molecule has 2 rings (SSSR count). The fourth-order valence-electron chi connectivity index (χ4n) is 2.43. The van der Waals surface area contributed by atoms with Crippen molar-refractivity contribution in [3.8, 4) is 5.75 Å². The van der Waals surface area contributed by atoms with E-state index < -0.39 is 0 Å². The number of nitrogens with one attached hydrogen (secondary N) is 1. The minimum atomic E-state index is 0.0650. The fraction of sp³-hybridized carbons (Fsp3) is 0.294. The van der Waals surface area contributed by atoms with Gasteiger partial charge in [0.1, 0.15) is 5.75 Å². The van der Waals surface area contributed by atoms with Crippen molar-refractivity contribution in [1.82, 2.24) is 5.32 Å². The van der Waals surface area contributed by atoms with Crippen LogP contribution in [0.1, 0.15) is 29.7 Å². The molecular weight excluding hydrogens is 270 g/mol. The van der Waals surface area contributed by atoms with Crippen LogP contribution < -0.4 is 10.1 Å². The van der Waals surface area contributed by atoms with Gasteiger partial charge in [-0.15, -0.1) is 0 Å². The summed E-state index contributed by atoms with van der Waals surface area (Å²) in [6, 6.07) is 14.4. The average Bonchev–Trinajstić information content (AvgIpc) is 2.48. The fourth-order valence-corrected chi connectivity index (χ4v) is 2.61. The minimum Gasteiger partial charge on any atom is -0.496 e. The molecule has 1 N–H and O–H groups in total. The van der Waals surface area contributed by atoms with E-state index in [9.17, 15) is 0 Å². The highest BCUT2D eigenvalue weighted by Crippen LogP contribution is 2.32. The summed E-state index contributed by atoms with van der Waals surface area (Å²) in [5.74, 6) is 0.843. The summed E-state index contributed by atoms with van der Waals surface area (Å²) in [6.07, 6.45) is 1.02. The molecule has 0 aromatic heterocycles. The van der Waals surface area contributed by atoms with Crippen LogP contribution in [-0.4, -0.2) is 14.2 Å². The monoisotopic (exact) mass is 289 g/mol. The summed E-state index contributed by atoms with van der Waals surface area (Å²) in [6.45, 7) is 2.16. The Morgan fingerprint density at radius 3 is 2.65 bits per heavy atom. The number of ether oxygens (including phenoxy) is 1. The molecule has 2 nitrogen and oxygen atoms in total. The molecule has 1 unspecified atom stereocenters. The normalized spacial score (nSPS) is 12.2. The number of hydrogen-bond acceptors (Lipinski definition) is 2. The van der Waals surface area contributed by atoms with Gasteiger partial charge in [0, 0.05) is 10.6 Å². The predicted octanol–water partition coefficient (Wildman–Crippen LogP) is 4.22. The number of hydrogen-bond donors (Lipinski definition) is 1. The highest BCUT2D eigenvalue weighted by Gasteiger charge is 2.17. The largest absolute Gasteiger partial charge is 0.496 e. The van der Waals surface area contributed by atoms with E-state index in [2.05, 4.69) is 36.5 Å². The van der Waals surface area contributed by atoms with E-state index >= 15 is 0 Å². The zero-order chi connectivity index (χ0) is 14.5. The van der Waals surface area contributed by atoms with Crippen LogP contribution in [0, 0.1) is 0 Å². The first-order valence-electron chi connectivity index (χ1n) is 6.79. The second-order valence-electron chi connectivity index (χ2n) is 4.71. The molecule has 0 heterocycles. The highest BCUT2D eigenvalue weighted by atomic mass is 35.5. The molecule has 3 heteroatoms. The lowest BCUT2D eigenvalue weighted by atomic mass is 9.96. The van der Waals surface area contributed by atoms with Gasteiger partial charge in [-0.2, -0.15) is 0 Å². The van der Waals surface area contributed by atoms with Crippen LogP contribution in [0.25, 0.3) is 0 Å². The molecule has 0 spiro atoms. The molecule has 0 aliphatic carbocycles. The van der Waals surface area contributed by atoms with Crippen molar-refractivity contribution >= 4 is 11.6 Å². The van der Waals surface area contributed by atoms with Crippen molar-refractivity contribution < 1.29 is 4.74 Å². The van der Waals surface area contributed by atoms with Crippen molar-refractivity contribution in [1.29, 1.82) is 0 Å². The second kappa shape index (κ2) is 6.78. The summed E-state index contributed by atoms with van der Waals surface area (Å²) < 4.78 is 5.46. The van der Waals surface area contributed by atoms with Crippen LogP contribution in [0.5, 0.6) is 5.75 Å². The summed E-state index contributed by atoms with van der Waals surface area (Å²) in [5, 5.41) is 4.06. The molecule has 0 fully saturated rings. The van der Waals surface area contributed by atoms with Gasteiger partial charge in [-0.05, 0) is 42.8 Å². The van der Waals surface area contributed by atoms with Gasteiger partial charge in [-0.25, -0.2) is 0 Å². The Morgan fingerprint density at radius 1 is 1.20 bits per heavy atom. The maximum atomic E-state index is 6.14. The SMILES string of the molecule is CCc1cccc(C(NC)c2cc(Cl)ccc2OC)c1. The molecule has 1 atom stereocenters. The zero-order valence-electron chi connectivity index (χ0n) is 12.1. The third kappa shape index (κ3) is 3.14. The van der Waals surface area contributed by atoms with Crippen molar-refractivity contribution in [2.75, 3.05) is 14.2 Å². The van der Waals surface area contributed by atoms with E-state index in [4.69, 9.17) is 16.3 Å². The Labute approximate surface area is 125 Å². The van der Waals surface area contributed by atoms with Gasteiger partial charge in [0.25, 0.3) is 0 Å². The first kappa shape index (κ1) is 14.9. The van der Waals surface area contributed by atoms with Crippen LogP contribution in [0.2, 0.25) is 5.02 Å². The molecule has 20 heavy (non-hydrogen) atoms. The standard InChI is InChI=1S/C17H20ClNO/c1-4-12-6-5-7-13(10-12)17(19-2)15-11-14(18)8-9-16(15)20-3/h5-11,17,19H,4H2,1-3H3. The first-order valence-corrected chi connectivity index (χ1v) is 7.17. The van der Waals surface area contributed by atoms with Crippen molar-refractivity contribution in [3.05, 3.63) is 64.2 Å². The maximum Gasteiger partial charge on any atom is 0.124 e. The smallest absolute Gasteiger partial charge is 0.124 e. The van der Waals surface area contributed by atoms with E-state index in [1.807, 2.05) is 25.2 Å².